The van der Waals surface area contributed by atoms with Gasteiger partial charge in [0.15, 0.2) is 5.78 Å². The summed E-state index contributed by atoms with van der Waals surface area (Å²) in [5.74, 6) is -1.47. The van der Waals surface area contributed by atoms with Crippen LogP contribution >= 0.6 is 0 Å². The molecule has 0 saturated carbocycles. The number of carbonyl (C=O) groups excluding carboxylic acids is 2. The van der Waals surface area contributed by atoms with Crippen LogP contribution in [0.15, 0.2) is 41.3 Å². The number of fused-ring (bicyclic) bond motifs is 2. The number of nitro benzene ring substituents is 1. The van der Waals surface area contributed by atoms with Crippen molar-refractivity contribution >= 4 is 56.9 Å². The van der Waals surface area contributed by atoms with Crippen molar-refractivity contribution in [3.63, 3.8) is 0 Å². The Bertz CT molecular complexity index is 1010. The van der Waals surface area contributed by atoms with Gasteiger partial charge in [0, 0.05) is 52.3 Å². The largest absolute Gasteiger partial charge is 0.294 e. The molecule has 10 heteroatoms. The molecule has 0 amide bonds. The van der Waals surface area contributed by atoms with Gasteiger partial charge < -0.3 is 0 Å². The van der Waals surface area contributed by atoms with E-state index in [1.165, 1.54) is 12.1 Å². The van der Waals surface area contributed by atoms with E-state index in [-0.39, 0.29) is 51.8 Å². The standard InChI is InChI=1S/C14H7NO7S.Na/c16-13-9-2-1-3-11(15(18)19)12(9)14(17)8-5-4-7(6-10(8)13)23(20,21)22;/h1-6H,(H,20,21,22);. The molecule has 0 fully saturated rings. The number of benzene rings is 2. The van der Waals surface area contributed by atoms with E-state index in [0.29, 0.717) is 0 Å². The number of rotatable bonds is 2. The minimum Gasteiger partial charge on any atom is -0.289 e. The first-order valence-electron chi connectivity index (χ1n) is 6.20. The number of hydrogen-bond donors (Lipinski definition) is 1. The molecule has 0 heterocycles. The Morgan fingerprint density at radius 1 is 0.958 bits per heavy atom. The van der Waals surface area contributed by atoms with Crippen LogP contribution in [0.2, 0.25) is 0 Å². The van der Waals surface area contributed by atoms with Crippen LogP contribution in [-0.4, -0.2) is 59.0 Å². The fraction of sp³-hybridized carbons (Fsp3) is 0. The molecule has 24 heavy (non-hydrogen) atoms. The van der Waals surface area contributed by atoms with Crippen LogP contribution in [-0.2, 0) is 10.1 Å². The van der Waals surface area contributed by atoms with Gasteiger partial charge in [-0.2, -0.15) is 8.42 Å². The maximum Gasteiger partial charge on any atom is 0.294 e. The molecule has 0 unspecified atom stereocenters. The van der Waals surface area contributed by atoms with Crippen molar-refractivity contribution in [1.82, 2.24) is 0 Å². The van der Waals surface area contributed by atoms with Crippen molar-refractivity contribution < 1.29 is 27.5 Å². The van der Waals surface area contributed by atoms with E-state index >= 15 is 0 Å². The summed E-state index contributed by atoms with van der Waals surface area (Å²) in [5.41, 5.74) is -1.37. The molecule has 0 aromatic heterocycles. The molecule has 0 bridgehead atoms. The van der Waals surface area contributed by atoms with E-state index in [2.05, 4.69) is 0 Å². The van der Waals surface area contributed by atoms with Gasteiger partial charge in [-0.15, -0.1) is 0 Å². The molecule has 8 nitrogen and oxygen atoms in total. The van der Waals surface area contributed by atoms with Crippen LogP contribution in [0.1, 0.15) is 31.8 Å². The summed E-state index contributed by atoms with van der Waals surface area (Å²) in [6.45, 7) is 0. The first-order valence-corrected chi connectivity index (χ1v) is 7.64. The summed E-state index contributed by atoms with van der Waals surface area (Å²) in [6.07, 6.45) is 0. The topological polar surface area (TPSA) is 132 Å². The average Bonchev–Trinajstić information content (AvgIpc) is 2.50. The second-order valence-electron chi connectivity index (χ2n) is 4.80. The third-order valence-electron chi connectivity index (χ3n) is 3.49. The SMILES string of the molecule is O=C1c2cc(S(=O)(=O)O)ccc2C(=O)c2c1cccc2[N+](=O)[O-].[Na]. The zero-order chi connectivity index (χ0) is 16.9. The maximum absolute atomic E-state index is 12.5. The Kier molecular flexibility index (Phi) is 4.75. The molecule has 0 aliphatic heterocycles. The van der Waals surface area contributed by atoms with E-state index in [1.54, 1.807) is 0 Å². The van der Waals surface area contributed by atoms with Crippen LogP contribution in [0, 0.1) is 10.1 Å². The molecular weight excluding hydrogens is 349 g/mol. The van der Waals surface area contributed by atoms with Gasteiger partial charge in [0.05, 0.1) is 9.82 Å². The maximum atomic E-state index is 12.5. The Morgan fingerprint density at radius 3 is 2.21 bits per heavy atom. The number of hydrogen-bond acceptors (Lipinski definition) is 6. The molecule has 1 N–H and O–H groups in total. The predicted octanol–water partition coefficient (Wildman–Crippen LogP) is 1.24. The summed E-state index contributed by atoms with van der Waals surface area (Å²) < 4.78 is 31.4. The van der Waals surface area contributed by atoms with Crippen LogP contribution in [0.5, 0.6) is 0 Å². The second-order valence-corrected chi connectivity index (χ2v) is 6.22. The average molecular weight is 356 g/mol. The van der Waals surface area contributed by atoms with Gasteiger partial charge in [-0.25, -0.2) is 0 Å². The Hall–Kier alpha value is -1.91. The monoisotopic (exact) mass is 356 g/mol. The Labute approximate surface area is 157 Å². The van der Waals surface area contributed by atoms with Crippen molar-refractivity contribution in [2.75, 3.05) is 0 Å². The summed E-state index contributed by atoms with van der Waals surface area (Å²) in [7, 11) is -4.55. The van der Waals surface area contributed by atoms with Crippen LogP contribution in [0.25, 0.3) is 0 Å². The van der Waals surface area contributed by atoms with Gasteiger partial charge in [0.25, 0.3) is 15.8 Å². The Morgan fingerprint density at radius 2 is 1.62 bits per heavy atom. The van der Waals surface area contributed by atoms with Crippen LogP contribution < -0.4 is 0 Å². The zero-order valence-corrected chi connectivity index (χ0v) is 15.0. The van der Waals surface area contributed by atoms with E-state index in [1.807, 2.05) is 0 Å². The van der Waals surface area contributed by atoms with Crippen molar-refractivity contribution in [2.45, 2.75) is 4.90 Å². The quantitative estimate of drug-likeness (QED) is 0.316. The van der Waals surface area contributed by atoms with Gasteiger partial charge in [0.2, 0.25) is 5.78 Å². The molecule has 0 atom stereocenters. The third-order valence-corrected chi connectivity index (χ3v) is 4.34. The molecule has 1 radical (unpaired) electrons. The van der Waals surface area contributed by atoms with E-state index in [4.69, 9.17) is 4.55 Å². The predicted molar refractivity (Wildman–Crippen MR) is 82.0 cm³/mol. The zero-order valence-electron chi connectivity index (χ0n) is 12.2. The van der Waals surface area contributed by atoms with Gasteiger partial charge in [0.1, 0.15) is 5.56 Å². The van der Waals surface area contributed by atoms with Gasteiger partial charge in [-0.05, 0) is 24.3 Å². The van der Waals surface area contributed by atoms with E-state index < -0.39 is 37.2 Å². The molecule has 1 aliphatic rings. The first kappa shape index (κ1) is 18.4. The number of nitrogens with zero attached hydrogens (tertiary/aromatic N) is 1. The summed E-state index contributed by atoms with van der Waals surface area (Å²) >= 11 is 0. The smallest absolute Gasteiger partial charge is 0.289 e. The Balaban J connectivity index is 0.00000208. The molecule has 1 aliphatic carbocycles. The third kappa shape index (κ3) is 2.80. The minimum atomic E-state index is -4.55. The summed E-state index contributed by atoms with van der Waals surface area (Å²) in [5, 5.41) is 11.1. The normalized spacial score (nSPS) is 12.9. The molecule has 2 aromatic carbocycles. The van der Waals surface area contributed by atoms with Gasteiger partial charge in [-0.3, -0.25) is 24.3 Å². The fourth-order valence-corrected chi connectivity index (χ4v) is 2.98. The molecule has 0 saturated heterocycles. The van der Waals surface area contributed by atoms with Gasteiger partial charge >= 0.3 is 0 Å². The second kappa shape index (κ2) is 6.19. The van der Waals surface area contributed by atoms with Gasteiger partial charge in [-0.1, -0.05) is 6.07 Å². The molecule has 117 valence electrons. The van der Waals surface area contributed by atoms with Crippen molar-refractivity contribution in [3.05, 3.63) is 68.8 Å². The number of carbonyl (C=O) groups is 2. The number of ketones is 2. The van der Waals surface area contributed by atoms with Crippen molar-refractivity contribution in [1.29, 1.82) is 0 Å². The van der Waals surface area contributed by atoms with Crippen molar-refractivity contribution in [2.24, 2.45) is 0 Å². The molecule has 0 spiro atoms. The van der Waals surface area contributed by atoms with Crippen LogP contribution in [0.4, 0.5) is 5.69 Å². The van der Waals surface area contributed by atoms with E-state index in [0.717, 1.165) is 24.3 Å². The number of nitro groups is 1. The van der Waals surface area contributed by atoms with Crippen molar-refractivity contribution in [3.8, 4) is 0 Å². The summed E-state index contributed by atoms with van der Waals surface area (Å²) in [4.78, 5) is 34.7. The first-order chi connectivity index (χ1) is 10.7. The van der Waals surface area contributed by atoms with Crippen LogP contribution in [0.3, 0.4) is 0 Å². The molecular formula is C14H7NNaO7S. The summed E-state index contributed by atoms with van der Waals surface area (Å²) in [6, 6.07) is 6.52. The minimum absolute atomic E-state index is 0. The fourth-order valence-electron chi connectivity index (χ4n) is 2.47. The van der Waals surface area contributed by atoms with E-state index in [9.17, 15) is 28.1 Å². The molecule has 3 rings (SSSR count). The molecule has 2 aromatic rings.